The van der Waals surface area contributed by atoms with Crippen molar-refractivity contribution >= 4 is 21.6 Å². The molecule has 4 nitrogen and oxygen atoms in total. The van der Waals surface area contributed by atoms with E-state index in [-0.39, 0.29) is 5.56 Å². The number of aromatic nitrogens is 2. The highest BCUT2D eigenvalue weighted by Gasteiger charge is 2.23. The molecule has 0 bridgehead atoms. The van der Waals surface area contributed by atoms with Crippen LogP contribution in [0.25, 0.3) is 10.2 Å². The van der Waals surface area contributed by atoms with Gasteiger partial charge in [0.2, 0.25) is 0 Å². The van der Waals surface area contributed by atoms with Gasteiger partial charge in [0, 0.05) is 10.4 Å². The quantitative estimate of drug-likeness (QED) is 0.731. The Balaban J connectivity index is 1.80. The van der Waals surface area contributed by atoms with E-state index in [9.17, 15) is 4.79 Å². The van der Waals surface area contributed by atoms with E-state index < -0.39 is 0 Å². The Morgan fingerprint density at radius 2 is 2.21 bits per heavy atom. The predicted molar refractivity (Wildman–Crippen MR) is 97.2 cm³/mol. The van der Waals surface area contributed by atoms with Gasteiger partial charge in [0.15, 0.2) is 0 Å². The van der Waals surface area contributed by atoms with E-state index >= 15 is 0 Å². The molecular weight excluding hydrogens is 320 g/mol. The second-order valence-electron chi connectivity index (χ2n) is 6.52. The molecule has 0 unspecified atom stereocenters. The minimum absolute atomic E-state index is 0.0676. The van der Waals surface area contributed by atoms with Crippen LogP contribution in [0.5, 0.6) is 5.75 Å². The lowest BCUT2D eigenvalue weighted by molar-refractivity contribution is 0.408. The highest BCUT2D eigenvalue weighted by molar-refractivity contribution is 7.18. The van der Waals surface area contributed by atoms with Crippen LogP contribution in [0.3, 0.4) is 0 Å². The van der Waals surface area contributed by atoms with Crippen LogP contribution < -0.4 is 10.3 Å². The number of nitrogens with zero attached hydrogens (tertiary/aromatic N) is 2. The topological polar surface area (TPSA) is 44.1 Å². The van der Waals surface area contributed by atoms with E-state index in [1.165, 1.54) is 10.4 Å². The number of hydrogen-bond acceptors (Lipinski definition) is 4. The number of ether oxygens (including phenoxy) is 1. The fourth-order valence-electron chi connectivity index (χ4n) is 3.50. The van der Waals surface area contributed by atoms with Gasteiger partial charge in [-0.15, -0.1) is 11.3 Å². The third-order valence-electron chi connectivity index (χ3n) is 4.82. The molecular formula is C19H20N2O2S. The molecule has 1 aliphatic carbocycles. The molecule has 0 saturated heterocycles. The minimum Gasteiger partial charge on any atom is -0.496 e. The summed E-state index contributed by atoms with van der Waals surface area (Å²) in [5.74, 6) is 1.49. The lowest BCUT2D eigenvalue weighted by atomic mass is 9.89. The Morgan fingerprint density at radius 1 is 1.38 bits per heavy atom. The molecule has 24 heavy (non-hydrogen) atoms. The Kier molecular flexibility index (Phi) is 3.88. The first kappa shape index (κ1) is 15.4. The number of benzene rings is 1. The number of para-hydroxylation sites is 1. The smallest absolute Gasteiger partial charge is 0.262 e. The van der Waals surface area contributed by atoms with Crippen LogP contribution in [-0.2, 0) is 19.4 Å². The van der Waals surface area contributed by atoms with Crippen molar-refractivity contribution in [1.29, 1.82) is 0 Å². The van der Waals surface area contributed by atoms with Gasteiger partial charge in [0.25, 0.3) is 5.56 Å². The number of rotatable bonds is 3. The summed E-state index contributed by atoms with van der Waals surface area (Å²) in [6, 6.07) is 7.80. The fraction of sp³-hybridized carbons (Fsp3) is 0.368. The monoisotopic (exact) mass is 340 g/mol. The van der Waals surface area contributed by atoms with Gasteiger partial charge < -0.3 is 4.74 Å². The van der Waals surface area contributed by atoms with Crippen molar-refractivity contribution in [3.63, 3.8) is 0 Å². The van der Waals surface area contributed by atoms with Crippen LogP contribution in [0.1, 0.15) is 29.3 Å². The zero-order valence-electron chi connectivity index (χ0n) is 13.9. The van der Waals surface area contributed by atoms with Crippen LogP contribution in [-0.4, -0.2) is 16.7 Å². The van der Waals surface area contributed by atoms with E-state index in [1.54, 1.807) is 29.3 Å². The predicted octanol–water partition coefficient (Wildman–Crippen LogP) is 3.64. The van der Waals surface area contributed by atoms with Crippen LogP contribution in [0, 0.1) is 5.92 Å². The molecule has 0 amide bonds. The summed E-state index contributed by atoms with van der Waals surface area (Å²) in [5.41, 5.74) is 2.29. The van der Waals surface area contributed by atoms with Gasteiger partial charge in [-0.2, -0.15) is 0 Å². The molecule has 5 heteroatoms. The average molecular weight is 340 g/mol. The van der Waals surface area contributed by atoms with Gasteiger partial charge in [0.1, 0.15) is 10.6 Å². The summed E-state index contributed by atoms with van der Waals surface area (Å²) in [6.45, 7) is 2.76. The summed E-state index contributed by atoms with van der Waals surface area (Å²) in [5, 5.41) is 0.833. The molecule has 2 aromatic heterocycles. The van der Waals surface area contributed by atoms with Crippen molar-refractivity contribution in [2.45, 2.75) is 32.7 Å². The number of fused-ring (bicyclic) bond motifs is 3. The van der Waals surface area contributed by atoms with Crippen molar-refractivity contribution in [3.8, 4) is 5.75 Å². The van der Waals surface area contributed by atoms with Crippen LogP contribution in [0.2, 0.25) is 0 Å². The molecule has 4 rings (SSSR count). The van der Waals surface area contributed by atoms with E-state index in [0.717, 1.165) is 40.8 Å². The molecule has 0 spiro atoms. The maximum absolute atomic E-state index is 13.0. The summed E-state index contributed by atoms with van der Waals surface area (Å²) >= 11 is 1.69. The lowest BCUT2D eigenvalue weighted by Crippen LogP contribution is -2.22. The van der Waals surface area contributed by atoms with Gasteiger partial charge in [0.05, 0.1) is 25.4 Å². The summed E-state index contributed by atoms with van der Waals surface area (Å²) in [6.07, 6.45) is 4.89. The van der Waals surface area contributed by atoms with Gasteiger partial charge >= 0.3 is 0 Å². The van der Waals surface area contributed by atoms with Gasteiger partial charge in [-0.05, 0) is 36.8 Å². The number of thiophene rings is 1. The maximum Gasteiger partial charge on any atom is 0.262 e. The SMILES string of the molecule is COc1ccccc1Cn1cnc2sc3c(c2c1=O)CC[C@H](C)C3. The second-order valence-corrected chi connectivity index (χ2v) is 7.61. The van der Waals surface area contributed by atoms with E-state index in [2.05, 4.69) is 11.9 Å². The van der Waals surface area contributed by atoms with Crippen LogP contribution >= 0.6 is 11.3 Å². The van der Waals surface area contributed by atoms with Crippen LogP contribution in [0.15, 0.2) is 35.4 Å². The zero-order chi connectivity index (χ0) is 16.7. The Labute approximate surface area is 144 Å². The number of aryl methyl sites for hydroxylation is 1. The maximum atomic E-state index is 13.0. The van der Waals surface area contributed by atoms with Crippen molar-refractivity contribution in [3.05, 3.63) is 57.0 Å². The van der Waals surface area contributed by atoms with E-state index in [1.807, 2.05) is 24.3 Å². The first-order chi connectivity index (χ1) is 11.7. The molecule has 2 heterocycles. The van der Waals surface area contributed by atoms with E-state index in [4.69, 9.17) is 4.74 Å². The zero-order valence-corrected chi connectivity index (χ0v) is 14.7. The normalized spacial score (nSPS) is 17.0. The highest BCUT2D eigenvalue weighted by atomic mass is 32.1. The molecule has 0 radical (unpaired) electrons. The van der Waals surface area contributed by atoms with Crippen molar-refractivity contribution in [2.75, 3.05) is 7.11 Å². The van der Waals surface area contributed by atoms with Crippen LogP contribution in [0.4, 0.5) is 0 Å². The fourth-order valence-corrected chi connectivity index (χ4v) is 4.84. The Bertz CT molecular complexity index is 958. The van der Waals surface area contributed by atoms with E-state index in [0.29, 0.717) is 12.5 Å². The molecule has 1 aliphatic rings. The number of hydrogen-bond donors (Lipinski definition) is 0. The molecule has 0 N–H and O–H groups in total. The molecule has 1 aromatic carbocycles. The van der Waals surface area contributed by atoms with Crippen molar-refractivity contribution in [2.24, 2.45) is 5.92 Å². The van der Waals surface area contributed by atoms with Crippen molar-refractivity contribution in [1.82, 2.24) is 9.55 Å². The third kappa shape index (κ3) is 2.53. The van der Waals surface area contributed by atoms with Crippen molar-refractivity contribution < 1.29 is 4.74 Å². The third-order valence-corrected chi connectivity index (χ3v) is 5.98. The first-order valence-corrected chi connectivity index (χ1v) is 9.10. The summed E-state index contributed by atoms with van der Waals surface area (Å²) < 4.78 is 7.10. The summed E-state index contributed by atoms with van der Waals surface area (Å²) in [7, 11) is 1.65. The number of methoxy groups -OCH3 is 1. The first-order valence-electron chi connectivity index (χ1n) is 8.29. The Hall–Kier alpha value is -2.14. The summed E-state index contributed by atoms with van der Waals surface area (Å²) in [4.78, 5) is 19.8. The minimum atomic E-state index is 0.0676. The second kappa shape index (κ2) is 6.06. The largest absolute Gasteiger partial charge is 0.496 e. The highest BCUT2D eigenvalue weighted by Crippen LogP contribution is 2.35. The molecule has 0 aliphatic heterocycles. The molecule has 0 saturated carbocycles. The molecule has 3 aromatic rings. The Morgan fingerprint density at radius 3 is 3.04 bits per heavy atom. The standard InChI is InChI=1S/C19H20N2O2S/c1-12-7-8-14-16(9-12)24-18-17(14)19(22)21(11-20-18)10-13-5-3-4-6-15(13)23-2/h3-6,11-12H,7-10H2,1-2H3/t12-/m0/s1. The average Bonchev–Trinajstić information content (AvgIpc) is 2.96. The molecule has 124 valence electrons. The van der Waals surface area contributed by atoms with Gasteiger partial charge in [-0.3, -0.25) is 9.36 Å². The van der Waals surface area contributed by atoms with Gasteiger partial charge in [-0.1, -0.05) is 25.1 Å². The lowest BCUT2D eigenvalue weighted by Gasteiger charge is -2.17. The molecule has 0 fully saturated rings. The van der Waals surface area contributed by atoms with Gasteiger partial charge in [-0.25, -0.2) is 4.98 Å². The molecule has 1 atom stereocenters.